The first-order valence-corrected chi connectivity index (χ1v) is 9.62. The number of rotatable bonds is 7. The third-order valence-electron chi connectivity index (χ3n) is 4.90. The fourth-order valence-corrected chi connectivity index (χ4v) is 3.26. The van der Waals surface area contributed by atoms with Gasteiger partial charge in [0.1, 0.15) is 12.4 Å². The Bertz CT molecular complexity index is 960. The van der Waals surface area contributed by atoms with Crippen molar-refractivity contribution < 1.29 is 9.53 Å². The third-order valence-corrected chi connectivity index (χ3v) is 4.90. The van der Waals surface area contributed by atoms with Gasteiger partial charge in [0, 0.05) is 12.1 Å². The van der Waals surface area contributed by atoms with E-state index < -0.39 is 0 Å². The van der Waals surface area contributed by atoms with Crippen LogP contribution in [0.15, 0.2) is 60.7 Å². The van der Waals surface area contributed by atoms with Crippen LogP contribution >= 0.6 is 0 Å². The zero-order valence-electron chi connectivity index (χ0n) is 17.0. The molecule has 146 valence electrons. The summed E-state index contributed by atoms with van der Waals surface area (Å²) >= 11 is 0. The van der Waals surface area contributed by atoms with Gasteiger partial charge in [-0.05, 0) is 62.0 Å². The summed E-state index contributed by atoms with van der Waals surface area (Å²) in [6.07, 6.45) is 0. The Labute approximate surface area is 167 Å². The minimum absolute atomic E-state index is 0.0870. The van der Waals surface area contributed by atoms with Crippen LogP contribution in [0.4, 0.5) is 0 Å². The van der Waals surface area contributed by atoms with Crippen molar-refractivity contribution in [1.82, 2.24) is 10.2 Å². The molecule has 0 aromatic heterocycles. The first kappa shape index (κ1) is 19.9. The second-order valence-corrected chi connectivity index (χ2v) is 7.39. The van der Waals surface area contributed by atoms with E-state index in [0.29, 0.717) is 12.2 Å². The molecule has 1 N–H and O–H groups in total. The van der Waals surface area contributed by atoms with Crippen LogP contribution in [0.2, 0.25) is 0 Å². The highest BCUT2D eigenvalue weighted by Crippen LogP contribution is 2.25. The Morgan fingerprint density at radius 3 is 2.61 bits per heavy atom. The van der Waals surface area contributed by atoms with Crippen molar-refractivity contribution >= 4 is 16.7 Å². The largest absolute Gasteiger partial charge is 0.492 e. The molecule has 0 bridgehead atoms. The van der Waals surface area contributed by atoms with Gasteiger partial charge in [-0.2, -0.15) is 0 Å². The van der Waals surface area contributed by atoms with Crippen molar-refractivity contribution in [1.29, 1.82) is 0 Å². The molecule has 4 heteroatoms. The van der Waals surface area contributed by atoms with Gasteiger partial charge >= 0.3 is 0 Å². The number of carbonyl (C=O) groups excluding carboxylic acids is 1. The average Bonchev–Trinajstić information content (AvgIpc) is 2.68. The van der Waals surface area contributed by atoms with Gasteiger partial charge in [-0.25, -0.2) is 0 Å². The number of fused-ring (bicyclic) bond motifs is 1. The number of hydrogen-bond acceptors (Lipinski definition) is 3. The summed E-state index contributed by atoms with van der Waals surface area (Å²) in [6.45, 7) is 5.38. The van der Waals surface area contributed by atoms with Gasteiger partial charge in [-0.15, -0.1) is 0 Å². The smallest absolute Gasteiger partial charge is 0.252 e. The zero-order chi connectivity index (χ0) is 20.1. The molecule has 3 aromatic rings. The van der Waals surface area contributed by atoms with E-state index in [9.17, 15) is 4.79 Å². The Balaban J connectivity index is 1.76. The van der Waals surface area contributed by atoms with Crippen molar-refractivity contribution in [2.75, 3.05) is 27.2 Å². The van der Waals surface area contributed by atoms with Crippen molar-refractivity contribution in [3.05, 3.63) is 77.4 Å². The summed E-state index contributed by atoms with van der Waals surface area (Å²) in [5.41, 5.74) is 2.69. The second-order valence-electron chi connectivity index (χ2n) is 7.39. The van der Waals surface area contributed by atoms with E-state index >= 15 is 0 Å². The normalized spacial score (nSPS) is 12.2. The molecule has 0 aliphatic heterocycles. The number of benzene rings is 3. The van der Waals surface area contributed by atoms with Gasteiger partial charge in [0.25, 0.3) is 5.91 Å². The molecule has 4 nitrogen and oxygen atoms in total. The molecule has 0 heterocycles. The third kappa shape index (κ3) is 4.70. The predicted octanol–water partition coefficient (Wildman–Crippen LogP) is 4.58. The fraction of sp³-hybridized carbons (Fsp3) is 0.292. The molecule has 0 saturated heterocycles. The molecule has 3 aromatic carbocycles. The number of likely N-dealkylation sites (N-methyl/N-ethyl adjacent to an activating group) is 1. The summed E-state index contributed by atoms with van der Waals surface area (Å²) in [5.74, 6) is 0.631. The van der Waals surface area contributed by atoms with Crippen molar-refractivity contribution in [3.8, 4) is 5.75 Å². The predicted molar refractivity (Wildman–Crippen MR) is 115 cm³/mol. The van der Waals surface area contributed by atoms with E-state index in [1.165, 1.54) is 5.39 Å². The minimum Gasteiger partial charge on any atom is -0.492 e. The van der Waals surface area contributed by atoms with Crippen LogP contribution in [0.5, 0.6) is 5.75 Å². The molecule has 1 atom stereocenters. The van der Waals surface area contributed by atoms with E-state index in [2.05, 4.69) is 34.5 Å². The highest BCUT2D eigenvalue weighted by atomic mass is 16.5. The first-order chi connectivity index (χ1) is 13.5. The van der Waals surface area contributed by atoms with Crippen LogP contribution in [0, 0.1) is 6.92 Å². The van der Waals surface area contributed by atoms with Crippen LogP contribution in [0.1, 0.15) is 34.5 Å². The minimum atomic E-state index is -0.101. The molecule has 0 saturated carbocycles. The Morgan fingerprint density at radius 2 is 1.82 bits per heavy atom. The van der Waals surface area contributed by atoms with Crippen LogP contribution in [-0.4, -0.2) is 38.1 Å². The molecule has 0 fully saturated rings. The van der Waals surface area contributed by atoms with E-state index in [1.807, 2.05) is 64.3 Å². The number of amides is 1. The van der Waals surface area contributed by atoms with Crippen LogP contribution in [-0.2, 0) is 0 Å². The monoisotopic (exact) mass is 376 g/mol. The summed E-state index contributed by atoms with van der Waals surface area (Å²) in [5, 5.41) is 5.48. The number of hydrogen-bond donors (Lipinski definition) is 1. The van der Waals surface area contributed by atoms with Crippen LogP contribution in [0.3, 0.4) is 0 Å². The van der Waals surface area contributed by atoms with Gasteiger partial charge in [0.05, 0.1) is 6.04 Å². The molecule has 0 spiro atoms. The molecule has 0 aliphatic carbocycles. The number of aryl methyl sites for hydroxylation is 1. The molecular weight excluding hydrogens is 348 g/mol. The van der Waals surface area contributed by atoms with Crippen molar-refractivity contribution in [2.24, 2.45) is 0 Å². The maximum Gasteiger partial charge on any atom is 0.252 e. The Kier molecular flexibility index (Phi) is 6.32. The number of ether oxygens (including phenoxy) is 1. The van der Waals surface area contributed by atoms with E-state index in [1.54, 1.807) is 0 Å². The quantitative estimate of drug-likeness (QED) is 0.656. The maximum atomic E-state index is 12.9. The zero-order valence-corrected chi connectivity index (χ0v) is 17.0. The lowest BCUT2D eigenvalue weighted by Crippen LogP contribution is -2.27. The van der Waals surface area contributed by atoms with Gasteiger partial charge in [0.2, 0.25) is 0 Å². The van der Waals surface area contributed by atoms with Crippen LogP contribution in [0.25, 0.3) is 10.8 Å². The van der Waals surface area contributed by atoms with Crippen molar-refractivity contribution in [3.63, 3.8) is 0 Å². The van der Waals surface area contributed by atoms with Crippen LogP contribution < -0.4 is 10.1 Å². The Morgan fingerprint density at radius 1 is 1.07 bits per heavy atom. The summed E-state index contributed by atoms with van der Waals surface area (Å²) in [6, 6.07) is 20.0. The van der Waals surface area contributed by atoms with E-state index in [-0.39, 0.29) is 11.9 Å². The molecule has 3 rings (SSSR count). The average molecular weight is 377 g/mol. The summed E-state index contributed by atoms with van der Waals surface area (Å²) in [7, 11) is 4.01. The molecular formula is C24H28N2O2. The van der Waals surface area contributed by atoms with E-state index in [4.69, 9.17) is 4.74 Å². The van der Waals surface area contributed by atoms with E-state index in [0.717, 1.165) is 28.8 Å². The summed E-state index contributed by atoms with van der Waals surface area (Å²) in [4.78, 5) is 15.0. The SMILES string of the molecule is Cc1ccc(OCCN(C)C)cc1C(=O)N[C@H](C)c1cccc2ccccc12. The number of nitrogens with one attached hydrogen (secondary N) is 1. The number of carbonyl (C=O) groups is 1. The van der Waals surface area contributed by atoms with Crippen molar-refractivity contribution in [2.45, 2.75) is 19.9 Å². The Hall–Kier alpha value is -2.85. The molecule has 28 heavy (non-hydrogen) atoms. The first-order valence-electron chi connectivity index (χ1n) is 9.62. The second kappa shape index (κ2) is 8.89. The standard InChI is InChI=1S/C24H28N2O2/c1-17-12-13-20(28-15-14-26(3)4)16-23(17)24(27)25-18(2)21-11-7-9-19-8-5-6-10-22(19)21/h5-13,16,18H,14-15H2,1-4H3,(H,25,27)/t18-/m1/s1. The lowest BCUT2D eigenvalue weighted by atomic mass is 9.99. The van der Waals surface area contributed by atoms with Gasteiger partial charge in [0.15, 0.2) is 0 Å². The number of nitrogens with zero attached hydrogens (tertiary/aromatic N) is 1. The fourth-order valence-electron chi connectivity index (χ4n) is 3.26. The van der Waals surface area contributed by atoms with Gasteiger partial charge in [-0.1, -0.05) is 48.5 Å². The van der Waals surface area contributed by atoms with Gasteiger partial charge < -0.3 is 15.0 Å². The lowest BCUT2D eigenvalue weighted by Gasteiger charge is -2.18. The lowest BCUT2D eigenvalue weighted by molar-refractivity contribution is 0.0939. The highest BCUT2D eigenvalue weighted by Gasteiger charge is 2.16. The van der Waals surface area contributed by atoms with Gasteiger partial charge in [-0.3, -0.25) is 4.79 Å². The highest BCUT2D eigenvalue weighted by molar-refractivity contribution is 5.96. The maximum absolute atomic E-state index is 12.9. The topological polar surface area (TPSA) is 41.6 Å². The molecule has 0 radical (unpaired) electrons. The summed E-state index contributed by atoms with van der Waals surface area (Å²) < 4.78 is 5.79. The molecule has 0 aliphatic rings. The molecule has 0 unspecified atom stereocenters. The molecule has 1 amide bonds.